The highest BCUT2D eigenvalue weighted by Gasteiger charge is 2.26. The van der Waals surface area contributed by atoms with E-state index in [9.17, 15) is 0 Å². The molecule has 0 atom stereocenters. The van der Waals surface area contributed by atoms with Crippen LogP contribution < -0.4 is 4.68 Å². The van der Waals surface area contributed by atoms with Gasteiger partial charge >= 0.3 is 5.82 Å². The molecule has 0 amide bonds. The Hall–Kier alpha value is -6.27. The van der Waals surface area contributed by atoms with Gasteiger partial charge in [0, 0.05) is 16.6 Å². The molecule has 3 heterocycles. The molecule has 9 rings (SSSR count). The van der Waals surface area contributed by atoms with Crippen molar-refractivity contribution >= 4 is 32.9 Å². The Kier molecular flexibility index (Phi) is 5.71. The molecule has 0 aliphatic carbocycles. The Labute approximate surface area is 258 Å². The van der Waals surface area contributed by atoms with Gasteiger partial charge in [0.2, 0.25) is 12.2 Å². The van der Waals surface area contributed by atoms with Gasteiger partial charge in [-0.25, -0.2) is 4.98 Å². The van der Waals surface area contributed by atoms with Gasteiger partial charge in [-0.05, 0) is 77.9 Å². The summed E-state index contributed by atoms with van der Waals surface area (Å²) in [6, 6.07) is 52.0. The molecule has 0 radical (unpaired) electrons. The zero-order chi connectivity index (χ0) is 29.7. The summed E-state index contributed by atoms with van der Waals surface area (Å²) in [6.07, 6.45) is 1.88. The van der Waals surface area contributed by atoms with Gasteiger partial charge in [-0.3, -0.25) is 0 Å². The number of benzene rings is 6. The lowest BCUT2D eigenvalue weighted by atomic mass is 10.1. The van der Waals surface area contributed by atoms with Gasteiger partial charge in [0.15, 0.2) is 11.3 Å². The van der Waals surface area contributed by atoms with E-state index in [1.54, 1.807) is 0 Å². The zero-order valence-electron chi connectivity index (χ0n) is 24.2. The summed E-state index contributed by atoms with van der Waals surface area (Å²) in [5.74, 6) is 1.58. The van der Waals surface area contributed by atoms with E-state index in [0.717, 1.165) is 66.9 Å². The van der Waals surface area contributed by atoms with Gasteiger partial charge < -0.3 is 8.98 Å². The second-order valence-corrected chi connectivity index (χ2v) is 11.0. The maximum Gasteiger partial charge on any atom is 0.321 e. The summed E-state index contributed by atoms with van der Waals surface area (Å²) in [7, 11) is 0. The third kappa shape index (κ3) is 4.07. The molecule has 0 spiro atoms. The maximum atomic E-state index is 6.50. The highest BCUT2D eigenvalue weighted by Crippen LogP contribution is 2.39. The second-order valence-electron chi connectivity index (χ2n) is 11.0. The van der Waals surface area contributed by atoms with Gasteiger partial charge in [0.05, 0.1) is 22.0 Å². The number of nitrogens with zero attached hydrogens (tertiary/aromatic N) is 5. The molecule has 0 aliphatic rings. The monoisotopic (exact) mass is 580 g/mol. The lowest BCUT2D eigenvalue weighted by Crippen LogP contribution is -2.35. The fourth-order valence-corrected chi connectivity index (χ4v) is 6.32. The first-order valence-corrected chi connectivity index (χ1v) is 14.9. The molecule has 3 aromatic heterocycles. The molecule has 6 heteroatoms. The number of aromatic nitrogens is 5. The minimum Gasteiger partial charge on any atom is -0.435 e. The Morgan fingerprint density at radius 1 is 0.578 bits per heavy atom. The van der Waals surface area contributed by atoms with Crippen LogP contribution in [0.3, 0.4) is 0 Å². The van der Waals surface area contributed by atoms with E-state index in [4.69, 9.17) is 14.5 Å². The minimum absolute atomic E-state index is 0.622. The average Bonchev–Trinajstić information content (AvgIpc) is 3.83. The van der Waals surface area contributed by atoms with Crippen molar-refractivity contribution < 1.29 is 9.10 Å². The molecule has 6 nitrogen and oxygen atoms in total. The summed E-state index contributed by atoms with van der Waals surface area (Å²) in [4.78, 5) is 4.86. The third-order valence-electron chi connectivity index (χ3n) is 8.32. The van der Waals surface area contributed by atoms with Crippen molar-refractivity contribution in [1.82, 2.24) is 19.2 Å². The number of rotatable bonds is 5. The Bertz CT molecular complexity index is 2420. The molecule has 6 aromatic carbocycles. The van der Waals surface area contributed by atoms with Gasteiger partial charge in [0.1, 0.15) is 11.2 Å². The average molecular weight is 581 g/mol. The molecule has 0 N–H and O–H groups in total. The van der Waals surface area contributed by atoms with Crippen LogP contribution in [0.4, 0.5) is 0 Å². The highest BCUT2D eigenvalue weighted by molar-refractivity contribution is 6.19. The summed E-state index contributed by atoms with van der Waals surface area (Å²) in [5, 5.41) is 7.02. The predicted molar refractivity (Wildman–Crippen MR) is 178 cm³/mol. The number of fused-ring (bicyclic) bond motifs is 5. The molecule has 0 fully saturated rings. The largest absolute Gasteiger partial charge is 0.435 e. The maximum absolute atomic E-state index is 6.50. The van der Waals surface area contributed by atoms with Crippen molar-refractivity contribution in [2.75, 3.05) is 0 Å². The number of para-hydroxylation sites is 3. The summed E-state index contributed by atoms with van der Waals surface area (Å²) in [5.41, 5.74) is 8.86. The Balaban J connectivity index is 1.28. The standard InChI is InChI=1S/C39H26N5O/c1-4-13-27(14-5-1)38-41-33-23-24-35-36(37(33)45-38)32-21-10-11-22-34(32)43(35)31-20-12-15-28(25-31)39-42(29-16-6-2-7-17-29)26-40-44(39)30-18-8-3-9-19-30/h1-26H/q+1. The first-order valence-electron chi connectivity index (χ1n) is 14.9. The van der Waals surface area contributed by atoms with Crippen LogP contribution in [-0.4, -0.2) is 19.2 Å². The van der Waals surface area contributed by atoms with Crippen molar-refractivity contribution in [3.8, 4) is 39.9 Å². The molecular formula is C39H26N5O+. The van der Waals surface area contributed by atoms with E-state index < -0.39 is 0 Å². The molecule has 45 heavy (non-hydrogen) atoms. The number of oxazole rings is 1. The van der Waals surface area contributed by atoms with E-state index in [2.05, 4.69) is 94.1 Å². The van der Waals surface area contributed by atoms with Gasteiger partial charge in [-0.15, -0.1) is 0 Å². The van der Waals surface area contributed by atoms with E-state index in [-0.39, 0.29) is 0 Å². The molecule has 0 aliphatic heterocycles. The fraction of sp³-hybridized carbons (Fsp3) is 0. The minimum atomic E-state index is 0.622. The number of hydrogen-bond donors (Lipinski definition) is 0. The normalized spacial score (nSPS) is 11.6. The highest BCUT2D eigenvalue weighted by atomic mass is 16.3. The predicted octanol–water partition coefficient (Wildman–Crippen LogP) is 8.72. The lowest BCUT2D eigenvalue weighted by Gasteiger charge is -2.10. The van der Waals surface area contributed by atoms with Crippen LogP contribution in [0.1, 0.15) is 0 Å². The molecule has 0 saturated heterocycles. The molecule has 9 aromatic rings. The molecular weight excluding hydrogens is 554 g/mol. The summed E-state index contributed by atoms with van der Waals surface area (Å²) >= 11 is 0. The van der Waals surface area contributed by atoms with Crippen LogP contribution >= 0.6 is 0 Å². The van der Waals surface area contributed by atoms with E-state index in [1.807, 2.05) is 77.7 Å². The second kappa shape index (κ2) is 10.2. The van der Waals surface area contributed by atoms with Crippen molar-refractivity contribution in [2.24, 2.45) is 0 Å². The first kappa shape index (κ1) is 25.2. The van der Waals surface area contributed by atoms with Crippen molar-refractivity contribution in [2.45, 2.75) is 0 Å². The van der Waals surface area contributed by atoms with Crippen molar-refractivity contribution in [1.29, 1.82) is 0 Å². The van der Waals surface area contributed by atoms with Gasteiger partial charge in [-0.1, -0.05) is 83.5 Å². The third-order valence-corrected chi connectivity index (χ3v) is 8.32. The summed E-state index contributed by atoms with van der Waals surface area (Å²) in [6.45, 7) is 0. The van der Waals surface area contributed by atoms with Crippen LogP contribution in [0.15, 0.2) is 162 Å². The first-order chi connectivity index (χ1) is 22.3. The fourth-order valence-electron chi connectivity index (χ4n) is 6.32. The van der Waals surface area contributed by atoms with Crippen LogP contribution in [0.25, 0.3) is 72.8 Å². The molecule has 0 saturated carbocycles. The lowest BCUT2D eigenvalue weighted by molar-refractivity contribution is -0.646. The molecule has 212 valence electrons. The SMILES string of the molecule is c1ccc(-c2nc3ccc4c(c5ccccc5n4-c4cccc(-c5n(-c6ccccc6)cn[n+]5-c5ccccc5)c4)c3o2)cc1. The topological polar surface area (TPSA) is 52.7 Å². The summed E-state index contributed by atoms with van der Waals surface area (Å²) < 4.78 is 13.0. The van der Waals surface area contributed by atoms with Gasteiger partial charge in [-0.2, -0.15) is 4.57 Å². The van der Waals surface area contributed by atoms with Crippen molar-refractivity contribution in [3.63, 3.8) is 0 Å². The van der Waals surface area contributed by atoms with Crippen molar-refractivity contribution in [3.05, 3.63) is 158 Å². The van der Waals surface area contributed by atoms with Crippen LogP contribution in [-0.2, 0) is 0 Å². The molecule has 0 bridgehead atoms. The van der Waals surface area contributed by atoms with E-state index >= 15 is 0 Å². The zero-order valence-corrected chi connectivity index (χ0v) is 24.2. The smallest absolute Gasteiger partial charge is 0.321 e. The van der Waals surface area contributed by atoms with E-state index in [1.165, 1.54) is 0 Å². The van der Waals surface area contributed by atoms with Crippen LogP contribution in [0.2, 0.25) is 0 Å². The van der Waals surface area contributed by atoms with Crippen LogP contribution in [0, 0.1) is 0 Å². The quantitative estimate of drug-likeness (QED) is 0.191. The van der Waals surface area contributed by atoms with Gasteiger partial charge in [0.25, 0.3) is 0 Å². The number of hydrogen-bond acceptors (Lipinski definition) is 3. The van der Waals surface area contributed by atoms with E-state index in [0.29, 0.717) is 5.89 Å². The Morgan fingerprint density at radius 3 is 2.09 bits per heavy atom. The Morgan fingerprint density at radius 2 is 1.27 bits per heavy atom. The van der Waals surface area contributed by atoms with Crippen LogP contribution in [0.5, 0.6) is 0 Å². The molecule has 0 unspecified atom stereocenters.